The summed E-state index contributed by atoms with van der Waals surface area (Å²) in [6.45, 7) is 1.70. The van der Waals surface area contributed by atoms with Crippen LogP contribution in [-0.4, -0.2) is 25.5 Å². The van der Waals surface area contributed by atoms with Gasteiger partial charge >= 0.3 is 6.18 Å². The molecule has 0 radical (unpaired) electrons. The monoisotopic (exact) mass is 374 g/mol. The number of carbonyl (C=O) groups excluding carboxylic acids is 1. The van der Waals surface area contributed by atoms with Crippen LogP contribution in [0, 0.1) is 6.92 Å². The van der Waals surface area contributed by atoms with Crippen LogP contribution in [-0.2, 0) is 14.3 Å². The van der Waals surface area contributed by atoms with E-state index in [4.69, 9.17) is 5.73 Å². The number of hydrogen-bond acceptors (Lipinski definition) is 5. The summed E-state index contributed by atoms with van der Waals surface area (Å²) in [5.74, 6) is -0.927. The Balaban J connectivity index is 2.38. The molecule has 0 aliphatic rings. The SMILES string of the molecule is Cc1ccc(S(=O)(=O)OC(c2ccc(C(N)=O)nc2)C(F)(F)F)cc1. The summed E-state index contributed by atoms with van der Waals surface area (Å²) in [6, 6.07) is 7.00. The number of aromatic nitrogens is 1. The Bertz CT molecular complexity index is 863. The van der Waals surface area contributed by atoms with E-state index in [-0.39, 0.29) is 5.69 Å². The Morgan fingerprint density at radius 3 is 2.20 bits per heavy atom. The number of nitrogens with zero attached hydrogens (tertiary/aromatic N) is 1. The minimum atomic E-state index is -5.02. The van der Waals surface area contributed by atoms with Gasteiger partial charge in [0.2, 0.25) is 0 Å². The molecule has 0 saturated carbocycles. The summed E-state index contributed by atoms with van der Waals surface area (Å²) in [5.41, 5.74) is 4.86. The lowest BCUT2D eigenvalue weighted by atomic mass is 10.1. The van der Waals surface area contributed by atoms with E-state index < -0.39 is 38.8 Å². The first-order chi connectivity index (χ1) is 11.5. The lowest BCUT2D eigenvalue weighted by Gasteiger charge is -2.20. The van der Waals surface area contributed by atoms with Gasteiger partial charge in [0.15, 0.2) is 6.10 Å². The molecule has 10 heteroatoms. The molecule has 1 aromatic carbocycles. The van der Waals surface area contributed by atoms with Crippen molar-refractivity contribution in [1.29, 1.82) is 0 Å². The molecule has 0 spiro atoms. The van der Waals surface area contributed by atoms with Crippen LogP contribution in [0.15, 0.2) is 47.5 Å². The second-order valence-electron chi connectivity index (χ2n) is 5.13. The van der Waals surface area contributed by atoms with Crippen molar-refractivity contribution in [1.82, 2.24) is 4.98 Å². The number of halogens is 3. The maximum absolute atomic E-state index is 13.3. The fourth-order valence-electron chi connectivity index (χ4n) is 1.89. The number of nitrogens with two attached hydrogens (primary N) is 1. The fraction of sp³-hybridized carbons (Fsp3) is 0.200. The largest absolute Gasteiger partial charge is 0.420 e. The van der Waals surface area contributed by atoms with Gasteiger partial charge in [-0.1, -0.05) is 23.8 Å². The van der Waals surface area contributed by atoms with Crippen LogP contribution in [0.4, 0.5) is 13.2 Å². The molecule has 0 fully saturated rings. The van der Waals surface area contributed by atoms with E-state index in [1.165, 1.54) is 12.1 Å². The number of benzene rings is 1. The lowest BCUT2D eigenvalue weighted by Crippen LogP contribution is -2.27. The van der Waals surface area contributed by atoms with Gasteiger partial charge < -0.3 is 5.73 Å². The number of hydrogen-bond donors (Lipinski definition) is 1. The minimum Gasteiger partial charge on any atom is -0.364 e. The molecule has 2 aromatic rings. The molecule has 1 amide bonds. The number of pyridine rings is 1. The van der Waals surface area contributed by atoms with Gasteiger partial charge in [0.1, 0.15) is 5.69 Å². The van der Waals surface area contributed by atoms with E-state index in [9.17, 15) is 26.4 Å². The molecule has 6 nitrogen and oxygen atoms in total. The highest BCUT2D eigenvalue weighted by molar-refractivity contribution is 7.86. The molecule has 1 atom stereocenters. The van der Waals surface area contributed by atoms with Crippen molar-refractivity contribution >= 4 is 16.0 Å². The highest BCUT2D eigenvalue weighted by Crippen LogP contribution is 2.38. The Kier molecular flexibility index (Phi) is 5.14. The minimum absolute atomic E-state index is 0.258. The number of alkyl halides is 3. The van der Waals surface area contributed by atoms with Gasteiger partial charge in [-0.25, -0.2) is 4.18 Å². The van der Waals surface area contributed by atoms with Crippen molar-refractivity contribution < 1.29 is 30.6 Å². The molecule has 2 N–H and O–H groups in total. The average molecular weight is 374 g/mol. The zero-order valence-electron chi connectivity index (χ0n) is 12.8. The molecule has 1 unspecified atom stereocenters. The van der Waals surface area contributed by atoms with E-state index in [1.807, 2.05) is 0 Å². The molecule has 2 rings (SSSR count). The first-order valence-corrected chi connectivity index (χ1v) is 8.24. The smallest absolute Gasteiger partial charge is 0.364 e. The zero-order chi connectivity index (χ0) is 18.8. The van der Waals surface area contributed by atoms with Crippen LogP contribution >= 0.6 is 0 Å². The molecule has 0 aliphatic heterocycles. The van der Waals surface area contributed by atoms with Gasteiger partial charge in [-0.15, -0.1) is 0 Å². The molecule has 1 aromatic heterocycles. The Hall–Kier alpha value is -2.46. The molecule has 1 heterocycles. The van der Waals surface area contributed by atoms with Gasteiger partial charge in [-0.05, 0) is 25.1 Å². The zero-order valence-corrected chi connectivity index (χ0v) is 13.6. The highest BCUT2D eigenvalue weighted by atomic mass is 32.2. The van der Waals surface area contributed by atoms with Gasteiger partial charge in [0, 0.05) is 11.8 Å². The lowest BCUT2D eigenvalue weighted by molar-refractivity contribution is -0.196. The standard InChI is InChI=1S/C15H13F3N2O4S/c1-9-2-5-11(6-3-9)25(22,23)24-13(15(16,17)18)10-4-7-12(14(19)21)20-8-10/h2-8,13H,1H3,(H2,19,21). The maximum Gasteiger partial charge on any atom is 0.420 e. The molecule has 0 bridgehead atoms. The van der Waals surface area contributed by atoms with Crippen molar-refractivity contribution in [3.05, 3.63) is 59.4 Å². The topological polar surface area (TPSA) is 99.4 Å². The van der Waals surface area contributed by atoms with Crippen LogP contribution < -0.4 is 5.73 Å². The molecule has 25 heavy (non-hydrogen) atoms. The third kappa shape index (κ3) is 4.54. The average Bonchev–Trinajstić information content (AvgIpc) is 2.52. The van der Waals surface area contributed by atoms with E-state index >= 15 is 0 Å². The quantitative estimate of drug-likeness (QED) is 0.811. The molecule has 0 aliphatic carbocycles. The summed E-state index contributed by atoms with van der Waals surface area (Å²) in [4.78, 5) is 14.0. The summed E-state index contributed by atoms with van der Waals surface area (Å²) in [6.07, 6.45) is -7.09. The number of aryl methyl sites for hydroxylation is 1. The Morgan fingerprint density at radius 1 is 1.16 bits per heavy atom. The van der Waals surface area contributed by atoms with Gasteiger partial charge in [-0.2, -0.15) is 21.6 Å². The Labute approximate surface area is 141 Å². The summed E-state index contributed by atoms with van der Waals surface area (Å²) < 4.78 is 68.5. The first kappa shape index (κ1) is 18.9. The van der Waals surface area contributed by atoms with Crippen LogP contribution in [0.3, 0.4) is 0 Å². The summed E-state index contributed by atoms with van der Waals surface area (Å²) in [5, 5.41) is 0. The number of amides is 1. The first-order valence-electron chi connectivity index (χ1n) is 6.83. The second-order valence-corrected chi connectivity index (χ2v) is 6.70. The molecule has 0 saturated heterocycles. The second kappa shape index (κ2) is 6.81. The number of rotatable bonds is 5. The fourth-order valence-corrected chi connectivity index (χ4v) is 2.95. The molecular weight excluding hydrogens is 361 g/mol. The third-order valence-electron chi connectivity index (χ3n) is 3.17. The van der Waals surface area contributed by atoms with E-state index in [0.29, 0.717) is 6.20 Å². The van der Waals surface area contributed by atoms with Crippen molar-refractivity contribution in [2.75, 3.05) is 0 Å². The maximum atomic E-state index is 13.3. The summed E-state index contributed by atoms with van der Waals surface area (Å²) in [7, 11) is -4.67. The van der Waals surface area contributed by atoms with Gasteiger partial charge in [0.25, 0.3) is 16.0 Å². The predicted octanol–water partition coefficient (Wildman–Crippen LogP) is 2.50. The van der Waals surface area contributed by atoms with E-state index in [1.54, 1.807) is 6.92 Å². The van der Waals surface area contributed by atoms with E-state index in [0.717, 1.165) is 29.8 Å². The highest BCUT2D eigenvalue weighted by Gasteiger charge is 2.45. The predicted molar refractivity (Wildman–Crippen MR) is 81.0 cm³/mol. The summed E-state index contributed by atoms with van der Waals surface area (Å²) >= 11 is 0. The third-order valence-corrected chi connectivity index (χ3v) is 4.47. The van der Waals surface area contributed by atoms with Gasteiger partial charge in [0.05, 0.1) is 4.90 Å². The Morgan fingerprint density at radius 2 is 1.76 bits per heavy atom. The normalized spacial score (nSPS) is 13.4. The van der Waals surface area contributed by atoms with Crippen molar-refractivity contribution in [2.45, 2.75) is 24.1 Å². The number of primary amides is 1. The van der Waals surface area contributed by atoms with Crippen LogP contribution in [0.2, 0.25) is 0 Å². The molecule has 134 valence electrons. The van der Waals surface area contributed by atoms with Crippen molar-refractivity contribution in [3.8, 4) is 0 Å². The van der Waals surface area contributed by atoms with Crippen LogP contribution in [0.25, 0.3) is 0 Å². The van der Waals surface area contributed by atoms with Crippen LogP contribution in [0.5, 0.6) is 0 Å². The van der Waals surface area contributed by atoms with E-state index in [2.05, 4.69) is 9.17 Å². The van der Waals surface area contributed by atoms with Gasteiger partial charge in [-0.3, -0.25) is 9.78 Å². The molecular formula is C15H13F3N2O4S. The van der Waals surface area contributed by atoms with Crippen LogP contribution in [0.1, 0.15) is 27.7 Å². The van der Waals surface area contributed by atoms with Crippen molar-refractivity contribution in [2.24, 2.45) is 5.73 Å². The number of carbonyl (C=O) groups is 1. The van der Waals surface area contributed by atoms with Crippen molar-refractivity contribution in [3.63, 3.8) is 0 Å².